The smallest absolute Gasteiger partial charge is 0.224 e. The van der Waals surface area contributed by atoms with Gasteiger partial charge in [0.05, 0.1) is 6.42 Å². The van der Waals surface area contributed by atoms with Crippen LogP contribution in [0.3, 0.4) is 0 Å². The summed E-state index contributed by atoms with van der Waals surface area (Å²) < 4.78 is 1.01. The van der Waals surface area contributed by atoms with Crippen LogP contribution in [0.25, 0.3) is 0 Å². The highest BCUT2D eigenvalue weighted by Gasteiger charge is 2.06. The molecular formula is C13H17Br2NO. The predicted molar refractivity (Wildman–Crippen MR) is 78.4 cm³/mol. The molecule has 0 heterocycles. The highest BCUT2D eigenvalue weighted by atomic mass is 79.9. The van der Waals surface area contributed by atoms with Gasteiger partial charge in [-0.3, -0.25) is 4.79 Å². The molecule has 0 aliphatic carbocycles. The van der Waals surface area contributed by atoms with Gasteiger partial charge in [-0.1, -0.05) is 50.9 Å². The number of amides is 1. The zero-order valence-electron chi connectivity index (χ0n) is 9.88. The quantitative estimate of drug-likeness (QED) is 0.770. The van der Waals surface area contributed by atoms with Crippen molar-refractivity contribution in [3.63, 3.8) is 0 Å². The number of hydrogen-bond acceptors (Lipinski definition) is 1. The fourth-order valence-electron chi connectivity index (χ4n) is 1.47. The van der Waals surface area contributed by atoms with Crippen LogP contribution in [0.5, 0.6) is 0 Å². The topological polar surface area (TPSA) is 29.1 Å². The van der Waals surface area contributed by atoms with Crippen LogP contribution >= 0.6 is 31.9 Å². The van der Waals surface area contributed by atoms with E-state index < -0.39 is 0 Å². The van der Waals surface area contributed by atoms with E-state index in [4.69, 9.17) is 0 Å². The van der Waals surface area contributed by atoms with Gasteiger partial charge in [-0.05, 0) is 30.0 Å². The first-order valence-electron chi connectivity index (χ1n) is 5.69. The van der Waals surface area contributed by atoms with Crippen LogP contribution in [0.4, 0.5) is 0 Å². The number of carbonyl (C=O) groups is 1. The summed E-state index contributed by atoms with van der Waals surface area (Å²) in [6.07, 6.45) is 1.53. The first-order valence-corrected chi connectivity index (χ1v) is 7.60. The molecule has 0 aliphatic heterocycles. The van der Waals surface area contributed by atoms with Crippen LogP contribution in [0.1, 0.15) is 18.9 Å². The van der Waals surface area contributed by atoms with E-state index in [1.54, 1.807) is 0 Å². The molecule has 1 aromatic rings. The lowest BCUT2D eigenvalue weighted by Crippen LogP contribution is -2.29. The number of carbonyl (C=O) groups excluding carboxylic acids is 1. The van der Waals surface area contributed by atoms with E-state index in [1.165, 1.54) is 0 Å². The van der Waals surface area contributed by atoms with Crippen molar-refractivity contribution in [3.05, 3.63) is 34.3 Å². The van der Waals surface area contributed by atoms with E-state index in [0.29, 0.717) is 12.3 Å². The van der Waals surface area contributed by atoms with Gasteiger partial charge in [0.25, 0.3) is 0 Å². The highest BCUT2D eigenvalue weighted by Crippen LogP contribution is 2.12. The summed E-state index contributed by atoms with van der Waals surface area (Å²) in [5.74, 6) is 0.602. The molecular weight excluding hydrogens is 346 g/mol. The standard InChI is InChI=1S/C13H17Br2NO/c1-10(5-6-14)9-16-13(17)8-11-3-2-4-12(15)7-11/h2-4,7,10H,5-6,8-9H2,1H3,(H,16,17). The fraction of sp³-hybridized carbons (Fsp3) is 0.462. The summed E-state index contributed by atoms with van der Waals surface area (Å²) in [5, 5.41) is 3.94. The third-order valence-electron chi connectivity index (χ3n) is 2.50. The molecule has 94 valence electrons. The normalized spacial score (nSPS) is 12.2. The van der Waals surface area contributed by atoms with E-state index in [9.17, 15) is 4.79 Å². The van der Waals surface area contributed by atoms with E-state index in [-0.39, 0.29) is 5.91 Å². The van der Waals surface area contributed by atoms with Crippen molar-refractivity contribution in [2.24, 2.45) is 5.92 Å². The number of alkyl halides is 1. The van der Waals surface area contributed by atoms with Crippen molar-refractivity contribution >= 4 is 37.8 Å². The lowest BCUT2D eigenvalue weighted by Gasteiger charge is -2.11. The lowest BCUT2D eigenvalue weighted by atomic mass is 10.1. The van der Waals surface area contributed by atoms with Gasteiger partial charge in [0.1, 0.15) is 0 Å². The van der Waals surface area contributed by atoms with E-state index in [0.717, 1.165) is 28.3 Å². The molecule has 4 heteroatoms. The van der Waals surface area contributed by atoms with Crippen molar-refractivity contribution in [2.45, 2.75) is 19.8 Å². The summed E-state index contributed by atoms with van der Waals surface area (Å²) in [4.78, 5) is 11.7. The molecule has 0 saturated carbocycles. The number of halogens is 2. The minimum atomic E-state index is 0.0875. The largest absolute Gasteiger partial charge is 0.356 e. The van der Waals surface area contributed by atoms with Gasteiger partial charge in [-0.15, -0.1) is 0 Å². The number of nitrogens with one attached hydrogen (secondary N) is 1. The predicted octanol–water partition coefficient (Wildman–Crippen LogP) is 3.53. The van der Waals surface area contributed by atoms with Crippen molar-refractivity contribution in [3.8, 4) is 0 Å². The Hall–Kier alpha value is -0.350. The maximum Gasteiger partial charge on any atom is 0.224 e. The second-order valence-electron chi connectivity index (χ2n) is 4.19. The number of hydrogen-bond donors (Lipinski definition) is 1. The Morgan fingerprint density at radius 2 is 2.24 bits per heavy atom. The summed E-state index contributed by atoms with van der Waals surface area (Å²) in [5.41, 5.74) is 1.03. The average Bonchev–Trinajstić information content (AvgIpc) is 2.27. The Labute approximate surface area is 119 Å². The van der Waals surface area contributed by atoms with Gasteiger partial charge in [-0.25, -0.2) is 0 Å². The molecule has 1 unspecified atom stereocenters. The van der Waals surface area contributed by atoms with E-state index in [1.807, 2.05) is 24.3 Å². The monoisotopic (exact) mass is 361 g/mol. The third-order valence-corrected chi connectivity index (χ3v) is 3.45. The molecule has 1 N–H and O–H groups in total. The Balaban J connectivity index is 2.34. The maximum absolute atomic E-state index is 11.7. The van der Waals surface area contributed by atoms with Crippen LogP contribution in [0.2, 0.25) is 0 Å². The van der Waals surface area contributed by atoms with Gasteiger partial charge in [-0.2, -0.15) is 0 Å². The number of benzene rings is 1. The Morgan fingerprint density at radius 1 is 1.47 bits per heavy atom. The first kappa shape index (κ1) is 14.7. The van der Waals surface area contributed by atoms with Crippen molar-refractivity contribution in [1.82, 2.24) is 5.32 Å². The van der Waals surface area contributed by atoms with Crippen LogP contribution < -0.4 is 5.32 Å². The summed E-state index contributed by atoms with van der Waals surface area (Å²) in [7, 11) is 0. The second kappa shape index (κ2) is 7.88. The summed E-state index contributed by atoms with van der Waals surface area (Å²) >= 11 is 6.80. The van der Waals surface area contributed by atoms with Gasteiger partial charge >= 0.3 is 0 Å². The second-order valence-corrected chi connectivity index (χ2v) is 5.90. The van der Waals surface area contributed by atoms with Gasteiger partial charge in [0, 0.05) is 16.3 Å². The molecule has 2 nitrogen and oxygen atoms in total. The maximum atomic E-state index is 11.7. The summed E-state index contributed by atoms with van der Waals surface area (Å²) in [6.45, 7) is 2.89. The Bertz CT molecular complexity index is 368. The van der Waals surface area contributed by atoms with Crippen LogP contribution in [0, 0.1) is 5.92 Å². The molecule has 0 aromatic heterocycles. The molecule has 0 fully saturated rings. The van der Waals surface area contributed by atoms with Crippen LogP contribution in [0.15, 0.2) is 28.7 Å². The molecule has 0 radical (unpaired) electrons. The zero-order valence-corrected chi connectivity index (χ0v) is 13.1. The van der Waals surface area contributed by atoms with Crippen molar-refractivity contribution < 1.29 is 4.79 Å². The average molecular weight is 363 g/mol. The fourth-order valence-corrected chi connectivity index (χ4v) is 2.70. The van der Waals surface area contributed by atoms with Gasteiger partial charge < -0.3 is 5.32 Å². The first-order chi connectivity index (χ1) is 8.11. The molecule has 1 amide bonds. The zero-order chi connectivity index (χ0) is 12.7. The van der Waals surface area contributed by atoms with E-state index >= 15 is 0 Å². The molecule has 0 spiro atoms. The molecule has 0 bridgehead atoms. The van der Waals surface area contributed by atoms with Gasteiger partial charge in [0.2, 0.25) is 5.91 Å². The molecule has 1 atom stereocenters. The van der Waals surface area contributed by atoms with Crippen molar-refractivity contribution in [1.29, 1.82) is 0 Å². The van der Waals surface area contributed by atoms with E-state index in [2.05, 4.69) is 44.1 Å². The SMILES string of the molecule is CC(CCBr)CNC(=O)Cc1cccc(Br)c1. The lowest BCUT2D eigenvalue weighted by molar-refractivity contribution is -0.120. The van der Waals surface area contributed by atoms with Crippen molar-refractivity contribution in [2.75, 3.05) is 11.9 Å². The molecule has 1 rings (SSSR count). The van der Waals surface area contributed by atoms with Crippen LogP contribution in [-0.4, -0.2) is 17.8 Å². The Morgan fingerprint density at radius 3 is 2.88 bits per heavy atom. The third kappa shape index (κ3) is 6.22. The minimum absolute atomic E-state index is 0.0875. The molecule has 1 aromatic carbocycles. The van der Waals surface area contributed by atoms with Crippen LogP contribution in [-0.2, 0) is 11.2 Å². The summed E-state index contributed by atoms with van der Waals surface area (Å²) in [6, 6.07) is 7.84. The molecule has 17 heavy (non-hydrogen) atoms. The molecule has 0 aliphatic rings. The number of rotatable bonds is 6. The Kier molecular flexibility index (Phi) is 6.82. The minimum Gasteiger partial charge on any atom is -0.356 e. The van der Waals surface area contributed by atoms with Gasteiger partial charge in [0.15, 0.2) is 0 Å². The highest BCUT2D eigenvalue weighted by molar-refractivity contribution is 9.10. The molecule has 0 saturated heterocycles.